The number of hydrogen-bond acceptors (Lipinski definition) is 6. The number of phenols is 1. The number of hydrogen-bond donors (Lipinski definition) is 3. The first kappa shape index (κ1) is 17.9. The minimum atomic E-state index is -4.30. The number of urea groups is 1. The first-order chi connectivity index (χ1) is 9.20. The Balaban J connectivity index is 0.00000220. The van der Waals surface area contributed by atoms with Crippen molar-refractivity contribution in [1.82, 2.24) is 0 Å². The average molecular weight is 323 g/mol. The molecule has 1 aliphatic rings. The van der Waals surface area contributed by atoms with E-state index in [0.29, 0.717) is 5.69 Å². The van der Waals surface area contributed by atoms with E-state index in [1.165, 1.54) is 12.1 Å². The van der Waals surface area contributed by atoms with Crippen LogP contribution in [0.5, 0.6) is 5.75 Å². The Hall–Kier alpha value is -1.20. The molecule has 1 aromatic carbocycles. The molecule has 0 bridgehead atoms. The van der Waals surface area contributed by atoms with E-state index in [0.717, 1.165) is 0 Å². The summed E-state index contributed by atoms with van der Waals surface area (Å²) in [6, 6.07) is 1.49. The van der Waals surface area contributed by atoms with E-state index in [1.54, 1.807) is 11.9 Å². The molecule has 2 rings (SSSR count). The van der Waals surface area contributed by atoms with E-state index in [-0.39, 0.29) is 53.1 Å². The van der Waals surface area contributed by atoms with Crippen molar-refractivity contribution in [3.05, 3.63) is 17.7 Å². The van der Waals surface area contributed by atoms with Crippen molar-refractivity contribution in [2.45, 2.75) is 5.25 Å². The van der Waals surface area contributed by atoms with Gasteiger partial charge in [-0.15, -0.1) is 5.11 Å². The average Bonchev–Trinajstić information content (AvgIpc) is 2.63. The molecule has 109 valence electrons. The van der Waals surface area contributed by atoms with Crippen LogP contribution in [0.2, 0.25) is 0 Å². The molecule has 21 heavy (non-hydrogen) atoms. The molecule has 1 aliphatic heterocycles. The Labute approximate surface area is 142 Å². The molecule has 2 amide bonds. The maximum absolute atomic E-state index is 11.3. The number of nitrogens with two attached hydrogens (primary N) is 1. The third-order valence-electron chi connectivity index (χ3n) is 2.94. The first-order valence-electron chi connectivity index (χ1n) is 5.45. The summed E-state index contributed by atoms with van der Waals surface area (Å²) in [7, 11) is -2.68. The van der Waals surface area contributed by atoms with Gasteiger partial charge in [-0.3, -0.25) is 4.55 Å². The van der Waals surface area contributed by atoms with Gasteiger partial charge in [-0.2, -0.15) is 8.42 Å². The van der Waals surface area contributed by atoms with Gasteiger partial charge in [0, 0.05) is 60.5 Å². The van der Waals surface area contributed by atoms with Gasteiger partial charge in [-0.1, -0.05) is 5.11 Å². The summed E-state index contributed by atoms with van der Waals surface area (Å²) in [5, 5.41) is 15.1. The predicted molar refractivity (Wildman–Crippen MR) is 75.5 cm³/mol. The Morgan fingerprint density at radius 1 is 1.48 bits per heavy atom. The molecule has 0 saturated carbocycles. The van der Waals surface area contributed by atoms with Crippen molar-refractivity contribution in [2.75, 3.05) is 18.5 Å². The number of primary amides is 1. The number of amides is 2. The van der Waals surface area contributed by atoms with Crippen LogP contribution < -0.4 is 10.6 Å². The van der Waals surface area contributed by atoms with Crippen molar-refractivity contribution < 1.29 is 22.9 Å². The van der Waals surface area contributed by atoms with E-state index in [1.807, 2.05) is 0 Å². The molecule has 1 heterocycles. The van der Waals surface area contributed by atoms with Gasteiger partial charge in [-0.25, -0.2) is 4.79 Å². The van der Waals surface area contributed by atoms with Crippen LogP contribution in [0.3, 0.4) is 0 Å². The van der Waals surface area contributed by atoms with Crippen molar-refractivity contribution in [3.63, 3.8) is 0 Å². The number of aromatic hydroxyl groups is 1. The minimum absolute atomic E-state index is 0. The summed E-state index contributed by atoms with van der Waals surface area (Å²) < 4.78 is 31.9. The molecule has 1 atom stereocenters. The second-order valence-corrected chi connectivity index (χ2v) is 5.92. The number of phenolic OH excluding ortho intramolecular Hbond substituents is 1. The molecule has 0 aromatic heterocycles. The van der Waals surface area contributed by atoms with Crippen molar-refractivity contribution in [2.24, 2.45) is 16.0 Å². The van der Waals surface area contributed by atoms with Crippen LogP contribution in [0, 0.1) is 0 Å². The monoisotopic (exact) mass is 323 g/mol. The van der Waals surface area contributed by atoms with Gasteiger partial charge >= 0.3 is 6.03 Å². The fourth-order valence-corrected chi connectivity index (χ4v) is 2.98. The van der Waals surface area contributed by atoms with Gasteiger partial charge in [0.05, 0.1) is 0 Å². The zero-order valence-corrected chi connectivity index (χ0v) is 14.2. The summed E-state index contributed by atoms with van der Waals surface area (Å²) >= 11 is 0. The zero-order chi connectivity index (χ0) is 15.1. The molecule has 0 aliphatic carbocycles. The van der Waals surface area contributed by atoms with Gasteiger partial charge in [0.2, 0.25) is 0 Å². The predicted octanol–water partition coefficient (Wildman–Crippen LogP) is 0.553. The van der Waals surface area contributed by atoms with E-state index >= 15 is 0 Å². The molecule has 1 radical (unpaired) electrons. The largest absolute Gasteiger partial charge is 0.506 e. The number of nitrogens with zero attached hydrogens (tertiary/aromatic N) is 3. The van der Waals surface area contributed by atoms with Crippen LogP contribution in [0.4, 0.5) is 16.2 Å². The van der Waals surface area contributed by atoms with Gasteiger partial charge in [0.1, 0.15) is 16.7 Å². The van der Waals surface area contributed by atoms with E-state index in [9.17, 15) is 22.9 Å². The van der Waals surface area contributed by atoms with Crippen LogP contribution in [0.25, 0.3) is 0 Å². The zero-order valence-electron chi connectivity index (χ0n) is 11.4. The number of benzene rings is 1. The van der Waals surface area contributed by atoms with Crippen molar-refractivity contribution >= 4 is 57.1 Å². The van der Waals surface area contributed by atoms with Gasteiger partial charge in [0.15, 0.2) is 0 Å². The molecule has 0 saturated heterocycles. The number of carbonyl (C=O) groups excluding carboxylic acids is 1. The van der Waals surface area contributed by atoms with Crippen LogP contribution in [-0.4, -0.2) is 67.3 Å². The fraction of sp³-hybridized carbons (Fsp3) is 0.300. The second-order valence-electron chi connectivity index (χ2n) is 4.32. The molecular formula is C10H12N4NaO5S. The third kappa shape index (κ3) is 3.71. The molecule has 0 fully saturated rings. The smallest absolute Gasteiger partial charge is 0.356 e. The standard InChI is InChI=1S/C10H12N4O5S.Na/c1-14-4-9(20(17,18)19)5-2-6(12-13-10(11)16)8(15)3-7(5)14;/h2-3,9,15H,4H2,1H3,(H2,11,16)(H,17,18,19);. The molecule has 0 spiro atoms. The molecule has 1 aromatic rings. The van der Waals surface area contributed by atoms with E-state index in [2.05, 4.69) is 10.2 Å². The van der Waals surface area contributed by atoms with Gasteiger partial charge in [0.25, 0.3) is 10.1 Å². The normalized spacial score (nSPS) is 17.6. The van der Waals surface area contributed by atoms with Crippen LogP contribution >= 0.6 is 0 Å². The number of rotatable bonds is 2. The number of likely N-dealkylation sites (N-methyl/N-ethyl adjacent to an activating group) is 1. The topological polar surface area (TPSA) is 146 Å². The van der Waals surface area contributed by atoms with Gasteiger partial charge in [-0.05, 0) is 6.07 Å². The van der Waals surface area contributed by atoms with Crippen molar-refractivity contribution in [3.8, 4) is 5.75 Å². The molecule has 4 N–H and O–H groups in total. The van der Waals surface area contributed by atoms with Crippen molar-refractivity contribution in [1.29, 1.82) is 0 Å². The maximum Gasteiger partial charge on any atom is 0.356 e. The van der Waals surface area contributed by atoms with Crippen LogP contribution in [0.15, 0.2) is 22.4 Å². The summed E-state index contributed by atoms with van der Waals surface area (Å²) in [4.78, 5) is 12.1. The Kier molecular flexibility index (Phi) is 5.34. The number of azo groups is 1. The molecule has 9 nitrogen and oxygen atoms in total. The Bertz CT molecular complexity index is 706. The SMILES string of the molecule is CN1CC(S(=O)(=O)O)c2cc(N=NC(N)=O)c(O)cc21.[Na]. The number of fused-ring (bicyclic) bond motifs is 1. The first-order valence-corrected chi connectivity index (χ1v) is 6.96. The Morgan fingerprint density at radius 2 is 2.10 bits per heavy atom. The van der Waals surface area contributed by atoms with Crippen LogP contribution in [0.1, 0.15) is 10.8 Å². The quantitative estimate of drug-likeness (QED) is 0.411. The maximum atomic E-state index is 11.3. The van der Waals surface area contributed by atoms with Crippen LogP contribution in [-0.2, 0) is 10.1 Å². The molecule has 11 heteroatoms. The minimum Gasteiger partial charge on any atom is -0.506 e. The summed E-state index contributed by atoms with van der Waals surface area (Å²) in [5.41, 5.74) is 5.41. The Morgan fingerprint density at radius 3 is 2.62 bits per heavy atom. The van der Waals surface area contributed by atoms with Gasteiger partial charge < -0.3 is 15.7 Å². The number of anilines is 1. The summed E-state index contributed by atoms with van der Waals surface area (Å²) in [6.45, 7) is 0.0457. The second kappa shape index (κ2) is 6.28. The summed E-state index contributed by atoms with van der Waals surface area (Å²) in [5.74, 6) is -0.281. The van der Waals surface area contributed by atoms with E-state index in [4.69, 9.17) is 5.73 Å². The number of carbonyl (C=O) groups is 1. The molecular weight excluding hydrogens is 311 g/mol. The summed E-state index contributed by atoms with van der Waals surface area (Å²) in [6.07, 6.45) is 0. The fourth-order valence-electron chi connectivity index (χ4n) is 2.05. The van der Waals surface area contributed by atoms with E-state index < -0.39 is 21.4 Å². The third-order valence-corrected chi connectivity index (χ3v) is 4.06. The molecule has 1 unspecified atom stereocenters.